The van der Waals surface area contributed by atoms with Crippen molar-refractivity contribution in [3.8, 4) is 17.2 Å². The second kappa shape index (κ2) is 8.29. The van der Waals surface area contributed by atoms with Gasteiger partial charge in [-0.2, -0.15) is 13.2 Å². The van der Waals surface area contributed by atoms with Crippen molar-refractivity contribution >= 4 is 11.0 Å². The van der Waals surface area contributed by atoms with Crippen LogP contribution >= 0.6 is 0 Å². The zero-order chi connectivity index (χ0) is 25.8. The Bertz CT molecular complexity index is 1380. The van der Waals surface area contributed by atoms with Crippen LogP contribution in [0.4, 0.5) is 13.2 Å². The van der Waals surface area contributed by atoms with E-state index in [0.717, 1.165) is 29.0 Å². The smallest absolute Gasteiger partial charge is 0.416 e. The maximum Gasteiger partial charge on any atom is 0.416 e. The number of phenols is 1. The number of phenolic OH excluding ortho intramolecular Hbond substituents is 1. The third-order valence-corrected chi connectivity index (χ3v) is 6.36. The molecule has 0 spiro atoms. The Morgan fingerprint density at radius 3 is 1.94 bits per heavy atom. The van der Waals surface area contributed by atoms with Crippen molar-refractivity contribution in [3.63, 3.8) is 0 Å². The van der Waals surface area contributed by atoms with Gasteiger partial charge in [-0.1, -0.05) is 52.8 Å². The van der Waals surface area contributed by atoms with E-state index in [9.17, 15) is 18.3 Å². The van der Waals surface area contributed by atoms with Gasteiger partial charge in [0.05, 0.1) is 12.7 Å². The number of fused-ring (bicyclic) bond motifs is 1. The van der Waals surface area contributed by atoms with Crippen LogP contribution in [0.2, 0.25) is 0 Å². The van der Waals surface area contributed by atoms with Gasteiger partial charge in [-0.3, -0.25) is 0 Å². The maximum absolute atomic E-state index is 13.2. The molecule has 0 amide bonds. The van der Waals surface area contributed by atoms with Crippen LogP contribution in [0.15, 0.2) is 54.6 Å². The van der Waals surface area contributed by atoms with Crippen LogP contribution < -0.4 is 4.74 Å². The molecule has 0 aliphatic carbocycles. The summed E-state index contributed by atoms with van der Waals surface area (Å²) >= 11 is 0. The summed E-state index contributed by atoms with van der Waals surface area (Å²) in [5.41, 5.74) is 1.56. The van der Waals surface area contributed by atoms with Crippen molar-refractivity contribution < 1.29 is 23.0 Å². The third kappa shape index (κ3) is 4.57. The minimum atomic E-state index is -4.48. The van der Waals surface area contributed by atoms with E-state index in [1.165, 1.54) is 10.9 Å². The number of aromatic nitrogens is 3. The Morgan fingerprint density at radius 2 is 1.37 bits per heavy atom. The zero-order valence-electron chi connectivity index (χ0n) is 20.5. The number of rotatable bonds is 4. The van der Waals surface area contributed by atoms with E-state index < -0.39 is 17.2 Å². The molecule has 0 atom stereocenters. The lowest BCUT2D eigenvalue weighted by molar-refractivity contribution is -0.137. The summed E-state index contributed by atoms with van der Waals surface area (Å²) in [4.78, 5) is 1.21. The molecular formula is C27H28F3N3O2. The molecule has 5 nitrogen and oxygen atoms in total. The average molecular weight is 484 g/mol. The van der Waals surface area contributed by atoms with Gasteiger partial charge >= 0.3 is 6.18 Å². The highest BCUT2D eigenvalue weighted by atomic mass is 19.4. The number of halogens is 3. The van der Waals surface area contributed by atoms with Crippen LogP contribution in [0.1, 0.15) is 56.9 Å². The number of aromatic hydroxyl groups is 1. The maximum atomic E-state index is 13.2. The first kappa shape index (κ1) is 24.6. The quantitative estimate of drug-likeness (QED) is 0.348. The molecule has 0 aliphatic rings. The fraction of sp³-hybridized carbons (Fsp3) is 0.333. The molecule has 1 heterocycles. The molecule has 1 N–H and O–H groups in total. The molecule has 3 aromatic carbocycles. The van der Waals surface area contributed by atoms with Crippen LogP contribution in [-0.4, -0.2) is 27.2 Å². The number of benzene rings is 3. The molecule has 0 radical (unpaired) electrons. The minimum Gasteiger partial charge on any atom is -0.505 e. The summed E-state index contributed by atoms with van der Waals surface area (Å²) in [6.45, 7) is 10.2. The number of nitrogens with zero attached hydrogens (tertiary/aromatic N) is 3. The van der Waals surface area contributed by atoms with Crippen molar-refractivity contribution in [2.24, 2.45) is 0 Å². The standard InChI is InChI=1S/C27H28F3N3O2/c1-25(2,3)18-13-20(26(4,5)16-7-10-19(35-6)11-8-16)24(34)23(15-18)33-31-21-12-9-17(27(28,29)30)14-22(21)32-33/h7-15,34H,1-6H3. The lowest BCUT2D eigenvalue weighted by Gasteiger charge is -2.30. The Kier molecular flexibility index (Phi) is 5.82. The van der Waals surface area contributed by atoms with E-state index in [1.54, 1.807) is 13.2 Å². The SMILES string of the molecule is COc1ccc(C(C)(C)c2cc(C(C)(C)C)cc(-n3nc4ccc(C(F)(F)F)cc4n3)c2O)cc1. The molecule has 184 valence electrons. The summed E-state index contributed by atoms with van der Waals surface area (Å²) in [6.07, 6.45) is -4.48. The zero-order valence-corrected chi connectivity index (χ0v) is 20.5. The molecule has 1 aromatic heterocycles. The highest BCUT2D eigenvalue weighted by molar-refractivity contribution is 5.75. The predicted octanol–water partition coefficient (Wildman–Crippen LogP) is 6.78. The molecule has 4 rings (SSSR count). The minimum absolute atomic E-state index is 0.0323. The first-order chi connectivity index (χ1) is 16.2. The first-order valence-electron chi connectivity index (χ1n) is 11.2. The molecule has 0 fully saturated rings. The molecule has 0 saturated carbocycles. The number of alkyl halides is 3. The molecule has 0 bridgehead atoms. The summed E-state index contributed by atoms with van der Waals surface area (Å²) in [6, 6.07) is 14.6. The lowest BCUT2D eigenvalue weighted by Crippen LogP contribution is -2.22. The Morgan fingerprint density at radius 1 is 0.771 bits per heavy atom. The molecule has 35 heavy (non-hydrogen) atoms. The Balaban J connectivity index is 1.92. The van der Waals surface area contributed by atoms with Gasteiger partial charge in [0.2, 0.25) is 0 Å². The summed E-state index contributed by atoms with van der Waals surface area (Å²) in [5, 5.41) is 20.1. The number of hydrogen-bond acceptors (Lipinski definition) is 4. The van der Waals surface area contributed by atoms with Crippen molar-refractivity contribution in [1.82, 2.24) is 15.0 Å². The fourth-order valence-corrected chi connectivity index (χ4v) is 4.04. The van der Waals surface area contributed by atoms with Gasteiger partial charge in [0.15, 0.2) is 0 Å². The average Bonchev–Trinajstić information content (AvgIpc) is 3.21. The van der Waals surface area contributed by atoms with Crippen molar-refractivity contribution in [3.05, 3.63) is 76.9 Å². The van der Waals surface area contributed by atoms with Crippen molar-refractivity contribution in [1.29, 1.82) is 0 Å². The third-order valence-electron chi connectivity index (χ3n) is 6.36. The highest BCUT2D eigenvalue weighted by Gasteiger charge is 2.32. The topological polar surface area (TPSA) is 60.2 Å². The van der Waals surface area contributed by atoms with E-state index in [2.05, 4.69) is 31.0 Å². The predicted molar refractivity (Wildman–Crippen MR) is 129 cm³/mol. The van der Waals surface area contributed by atoms with Gasteiger partial charge in [0, 0.05) is 11.0 Å². The van der Waals surface area contributed by atoms with Gasteiger partial charge in [0.1, 0.15) is 28.2 Å². The molecule has 8 heteroatoms. The van der Waals surface area contributed by atoms with Crippen LogP contribution in [0.25, 0.3) is 16.7 Å². The number of ether oxygens (including phenoxy) is 1. The van der Waals surface area contributed by atoms with Gasteiger partial charge in [0.25, 0.3) is 0 Å². The molecule has 0 saturated heterocycles. The monoisotopic (exact) mass is 483 g/mol. The number of hydrogen-bond donors (Lipinski definition) is 1. The Hall–Kier alpha value is -3.55. The molecule has 0 aliphatic heterocycles. The largest absolute Gasteiger partial charge is 0.505 e. The van der Waals surface area contributed by atoms with Gasteiger partial charge in [-0.05, 0) is 52.9 Å². The van der Waals surface area contributed by atoms with E-state index in [1.807, 2.05) is 44.2 Å². The summed E-state index contributed by atoms with van der Waals surface area (Å²) < 4.78 is 44.8. The fourth-order valence-electron chi connectivity index (χ4n) is 4.04. The van der Waals surface area contributed by atoms with E-state index in [0.29, 0.717) is 16.8 Å². The van der Waals surface area contributed by atoms with Gasteiger partial charge < -0.3 is 9.84 Å². The van der Waals surface area contributed by atoms with Crippen LogP contribution in [0, 0.1) is 0 Å². The van der Waals surface area contributed by atoms with Crippen LogP contribution in [-0.2, 0) is 17.0 Å². The summed E-state index contributed by atoms with van der Waals surface area (Å²) in [7, 11) is 1.60. The lowest BCUT2D eigenvalue weighted by atomic mass is 9.75. The molecular weight excluding hydrogens is 455 g/mol. The second-order valence-electron chi connectivity index (χ2n) is 10.2. The van der Waals surface area contributed by atoms with E-state index in [-0.39, 0.29) is 16.7 Å². The van der Waals surface area contributed by atoms with Crippen molar-refractivity contribution in [2.45, 2.75) is 51.6 Å². The van der Waals surface area contributed by atoms with E-state index in [4.69, 9.17) is 4.74 Å². The van der Waals surface area contributed by atoms with E-state index >= 15 is 0 Å². The second-order valence-corrected chi connectivity index (χ2v) is 10.2. The van der Waals surface area contributed by atoms with Crippen LogP contribution in [0.3, 0.4) is 0 Å². The van der Waals surface area contributed by atoms with Gasteiger partial charge in [-0.25, -0.2) is 0 Å². The molecule has 0 unspecified atom stereocenters. The Labute approximate surface area is 202 Å². The van der Waals surface area contributed by atoms with Crippen LogP contribution in [0.5, 0.6) is 11.5 Å². The highest BCUT2D eigenvalue weighted by Crippen LogP contribution is 2.43. The number of methoxy groups -OCH3 is 1. The van der Waals surface area contributed by atoms with Gasteiger partial charge in [-0.15, -0.1) is 15.0 Å². The molecule has 4 aromatic rings. The first-order valence-corrected chi connectivity index (χ1v) is 11.2. The summed E-state index contributed by atoms with van der Waals surface area (Å²) in [5.74, 6) is 0.693. The van der Waals surface area contributed by atoms with Crippen molar-refractivity contribution in [2.75, 3.05) is 7.11 Å². The normalized spacial score (nSPS) is 12.8.